The van der Waals surface area contributed by atoms with Gasteiger partial charge in [-0.2, -0.15) is 0 Å². The number of benzene rings is 1. The summed E-state index contributed by atoms with van der Waals surface area (Å²) in [5.74, 6) is 0.705. The van der Waals surface area contributed by atoms with Crippen molar-refractivity contribution in [2.24, 2.45) is 4.99 Å². The molecular weight excluding hydrogens is 391 g/mol. The second-order valence-corrected chi connectivity index (χ2v) is 5.88. The number of nitrogens with one attached hydrogen (secondary N) is 3. The molecular formula is C12H21IN4O2S. The van der Waals surface area contributed by atoms with Crippen molar-refractivity contribution in [3.05, 3.63) is 35.4 Å². The maximum atomic E-state index is 11.4. The van der Waals surface area contributed by atoms with E-state index in [9.17, 15) is 8.42 Å². The second-order valence-electron chi connectivity index (χ2n) is 3.96. The van der Waals surface area contributed by atoms with Gasteiger partial charge < -0.3 is 10.6 Å². The summed E-state index contributed by atoms with van der Waals surface area (Å²) in [4.78, 5) is 4.01. The van der Waals surface area contributed by atoms with Gasteiger partial charge in [-0.1, -0.05) is 24.3 Å². The standard InChI is InChI=1S/C12H20N4O2S.HI/c1-13-12(14-2)16-8-10-4-6-11(7-5-10)9-19(17,18)15-3;/h4-7,15H,8-9H2,1-3H3,(H2,13,14,16);1H. The van der Waals surface area contributed by atoms with Crippen LogP contribution in [0.3, 0.4) is 0 Å². The second kappa shape index (κ2) is 9.14. The van der Waals surface area contributed by atoms with E-state index in [2.05, 4.69) is 20.3 Å². The lowest BCUT2D eigenvalue weighted by atomic mass is 10.1. The van der Waals surface area contributed by atoms with Gasteiger partial charge in [0.2, 0.25) is 10.0 Å². The minimum atomic E-state index is -3.21. The number of guanidine groups is 1. The highest BCUT2D eigenvalue weighted by Crippen LogP contribution is 2.07. The van der Waals surface area contributed by atoms with E-state index in [1.54, 1.807) is 14.1 Å². The Balaban J connectivity index is 0.00000361. The molecule has 114 valence electrons. The number of halogens is 1. The summed E-state index contributed by atoms with van der Waals surface area (Å²) in [6.07, 6.45) is 0. The number of aliphatic imine (C=N–C) groups is 1. The van der Waals surface area contributed by atoms with Gasteiger partial charge in [0.05, 0.1) is 5.75 Å². The zero-order valence-electron chi connectivity index (χ0n) is 11.8. The van der Waals surface area contributed by atoms with Crippen molar-refractivity contribution in [3.8, 4) is 0 Å². The predicted octanol–water partition coefficient (Wildman–Crippen LogP) is 0.649. The molecule has 0 atom stereocenters. The fourth-order valence-corrected chi connectivity index (χ4v) is 2.29. The average molecular weight is 412 g/mol. The van der Waals surface area contributed by atoms with Crippen LogP contribution in [0.4, 0.5) is 0 Å². The summed E-state index contributed by atoms with van der Waals surface area (Å²) in [5.41, 5.74) is 1.82. The van der Waals surface area contributed by atoms with E-state index in [-0.39, 0.29) is 29.7 Å². The molecule has 1 aromatic rings. The zero-order valence-corrected chi connectivity index (χ0v) is 15.0. The van der Waals surface area contributed by atoms with E-state index in [0.717, 1.165) is 11.1 Å². The first-order chi connectivity index (χ1) is 9.00. The SMILES string of the molecule is CN=C(NC)NCc1ccc(CS(=O)(=O)NC)cc1.I. The average Bonchev–Trinajstić information content (AvgIpc) is 2.41. The summed E-state index contributed by atoms with van der Waals surface area (Å²) < 4.78 is 25.1. The topological polar surface area (TPSA) is 82.6 Å². The van der Waals surface area contributed by atoms with E-state index in [4.69, 9.17) is 0 Å². The molecule has 0 unspecified atom stereocenters. The van der Waals surface area contributed by atoms with Crippen LogP contribution in [0.1, 0.15) is 11.1 Å². The lowest BCUT2D eigenvalue weighted by Crippen LogP contribution is -2.34. The van der Waals surface area contributed by atoms with Crippen LogP contribution in [-0.2, 0) is 22.3 Å². The van der Waals surface area contributed by atoms with Gasteiger partial charge in [-0.25, -0.2) is 13.1 Å². The van der Waals surface area contributed by atoms with Gasteiger partial charge in [-0.3, -0.25) is 4.99 Å². The number of sulfonamides is 1. The van der Waals surface area contributed by atoms with Crippen molar-refractivity contribution in [2.75, 3.05) is 21.1 Å². The largest absolute Gasteiger partial charge is 0.359 e. The molecule has 0 fully saturated rings. The van der Waals surface area contributed by atoms with Gasteiger partial charge in [0.25, 0.3) is 0 Å². The monoisotopic (exact) mass is 412 g/mol. The van der Waals surface area contributed by atoms with Crippen molar-refractivity contribution in [3.63, 3.8) is 0 Å². The molecule has 0 saturated carbocycles. The molecule has 0 saturated heterocycles. The Bertz CT molecular complexity index is 529. The minimum Gasteiger partial charge on any atom is -0.359 e. The lowest BCUT2D eigenvalue weighted by Gasteiger charge is -2.09. The molecule has 6 nitrogen and oxygen atoms in total. The van der Waals surface area contributed by atoms with Crippen molar-refractivity contribution in [1.29, 1.82) is 0 Å². The molecule has 0 heterocycles. The third-order valence-corrected chi connectivity index (χ3v) is 3.95. The zero-order chi connectivity index (χ0) is 14.3. The Hall–Kier alpha value is -0.870. The van der Waals surface area contributed by atoms with Gasteiger partial charge >= 0.3 is 0 Å². The summed E-state index contributed by atoms with van der Waals surface area (Å²) in [5, 5.41) is 6.05. The number of rotatable bonds is 5. The fraction of sp³-hybridized carbons (Fsp3) is 0.417. The van der Waals surface area contributed by atoms with Crippen LogP contribution in [0.25, 0.3) is 0 Å². The molecule has 0 radical (unpaired) electrons. The van der Waals surface area contributed by atoms with Crippen molar-refractivity contribution < 1.29 is 8.42 Å². The molecule has 1 aromatic carbocycles. The fourth-order valence-electron chi connectivity index (χ4n) is 1.51. The molecule has 0 aliphatic heterocycles. The molecule has 8 heteroatoms. The van der Waals surface area contributed by atoms with E-state index in [1.165, 1.54) is 7.05 Å². The first-order valence-electron chi connectivity index (χ1n) is 5.88. The summed E-state index contributed by atoms with van der Waals surface area (Å²) in [6, 6.07) is 7.43. The molecule has 20 heavy (non-hydrogen) atoms. The molecule has 0 amide bonds. The highest BCUT2D eigenvalue weighted by Gasteiger charge is 2.08. The first kappa shape index (κ1) is 19.1. The van der Waals surface area contributed by atoms with Crippen LogP contribution in [0.5, 0.6) is 0 Å². The van der Waals surface area contributed by atoms with Crippen LogP contribution >= 0.6 is 24.0 Å². The van der Waals surface area contributed by atoms with Crippen LogP contribution < -0.4 is 15.4 Å². The Kier molecular flexibility index (Phi) is 8.74. The predicted molar refractivity (Wildman–Crippen MR) is 92.8 cm³/mol. The van der Waals surface area contributed by atoms with Crippen LogP contribution in [0.15, 0.2) is 29.3 Å². The van der Waals surface area contributed by atoms with Crippen LogP contribution in [0, 0.1) is 0 Å². The van der Waals surface area contributed by atoms with Gasteiger partial charge in [0.15, 0.2) is 5.96 Å². The van der Waals surface area contributed by atoms with Crippen molar-refractivity contribution in [1.82, 2.24) is 15.4 Å². The van der Waals surface area contributed by atoms with Crippen LogP contribution in [-0.4, -0.2) is 35.5 Å². The Morgan fingerprint density at radius 2 is 1.70 bits per heavy atom. The molecule has 1 rings (SSSR count). The lowest BCUT2D eigenvalue weighted by molar-refractivity contribution is 0.587. The maximum Gasteiger partial charge on any atom is 0.215 e. The Morgan fingerprint density at radius 3 is 2.15 bits per heavy atom. The Labute approximate surface area is 137 Å². The van der Waals surface area contributed by atoms with Gasteiger partial charge in [0, 0.05) is 20.6 Å². The van der Waals surface area contributed by atoms with Crippen molar-refractivity contribution in [2.45, 2.75) is 12.3 Å². The molecule has 3 N–H and O–H groups in total. The minimum absolute atomic E-state index is 0. The van der Waals surface area contributed by atoms with Gasteiger partial charge in [-0.05, 0) is 18.2 Å². The summed E-state index contributed by atoms with van der Waals surface area (Å²) in [7, 11) is 1.69. The molecule has 0 aliphatic rings. The number of hydrogen-bond donors (Lipinski definition) is 3. The van der Waals surface area contributed by atoms with E-state index >= 15 is 0 Å². The molecule has 0 aromatic heterocycles. The molecule has 0 spiro atoms. The van der Waals surface area contributed by atoms with Gasteiger partial charge in [-0.15, -0.1) is 24.0 Å². The normalized spacial score (nSPS) is 11.7. The molecule has 0 bridgehead atoms. The first-order valence-corrected chi connectivity index (χ1v) is 7.53. The van der Waals surface area contributed by atoms with E-state index in [0.29, 0.717) is 12.5 Å². The highest BCUT2D eigenvalue weighted by atomic mass is 127. The Morgan fingerprint density at radius 1 is 1.15 bits per heavy atom. The van der Waals surface area contributed by atoms with E-state index < -0.39 is 10.0 Å². The third-order valence-electron chi connectivity index (χ3n) is 2.61. The quantitative estimate of drug-likeness (QED) is 0.377. The smallest absolute Gasteiger partial charge is 0.215 e. The number of hydrogen-bond acceptors (Lipinski definition) is 3. The third kappa shape index (κ3) is 6.53. The van der Waals surface area contributed by atoms with E-state index in [1.807, 2.05) is 24.3 Å². The highest BCUT2D eigenvalue weighted by molar-refractivity contribution is 14.0. The van der Waals surface area contributed by atoms with Gasteiger partial charge in [0.1, 0.15) is 0 Å². The van der Waals surface area contributed by atoms with Crippen molar-refractivity contribution >= 4 is 40.0 Å². The summed E-state index contributed by atoms with van der Waals surface area (Å²) >= 11 is 0. The summed E-state index contributed by atoms with van der Waals surface area (Å²) in [6.45, 7) is 0.632. The number of nitrogens with zero attached hydrogens (tertiary/aromatic N) is 1. The molecule has 0 aliphatic carbocycles. The maximum absolute atomic E-state index is 11.4. The van der Waals surface area contributed by atoms with Crippen LogP contribution in [0.2, 0.25) is 0 Å².